The average Bonchev–Trinajstić information content (AvgIpc) is 2.97. The van der Waals surface area contributed by atoms with Crippen molar-refractivity contribution in [2.45, 2.75) is 38.4 Å². The highest BCUT2D eigenvalue weighted by Crippen LogP contribution is 2.40. The maximum atomic E-state index is 12.5. The molecular weight excluding hydrogens is 283 g/mol. The lowest BCUT2D eigenvalue weighted by Crippen LogP contribution is -2.40. The number of hydrogen-bond acceptors (Lipinski definition) is 2. The number of piperidine rings is 1. The highest BCUT2D eigenvalue weighted by atomic mass is 19.4. The molecule has 4 nitrogen and oxygen atoms in total. The Morgan fingerprint density at radius 3 is 2.43 bits per heavy atom. The summed E-state index contributed by atoms with van der Waals surface area (Å²) < 4.78 is 39.0. The van der Waals surface area contributed by atoms with Gasteiger partial charge in [-0.25, -0.2) is 0 Å². The van der Waals surface area contributed by atoms with Crippen molar-refractivity contribution in [2.24, 2.45) is 11.8 Å². The number of alkyl halides is 3. The predicted octanol–water partition coefficient (Wildman–Crippen LogP) is 2.72. The lowest BCUT2D eigenvalue weighted by Gasteiger charge is -2.32. The summed E-state index contributed by atoms with van der Waals surface area (Å²) in [5, 5.41) is 3.62. The van der Waals surface area contributed by atoms with Crippen LogP contribution in [-0.4, -0.2) is 33.7 Å². The van der Waals surface area contributed by atoms with Crippen LogP contribution >= 0.6 is 0 Å². The molecule has 2 atom stereocenters. The first-order valence-electron chi connectivity index (χ1n) is 7.27. The van der Waals surface area contributed by atoms with Gasteiger partial charge in [0.1, 0.15) is 0 Å². The van der Waals surface area contributed by atoms with Crippen LogP contribution in [0.15, 0.2) is 12.3 Å². The maximum absolute atomic E-state index is 12.5. The Bertz CT molecular complexity index is 532. The van der Waals surface area contributed by atoms with Crippen LogP contribution in [0.5, 0.6) is 0 Å². The minimum absolute atomic E-state index is 0.0539. The fourth-order valence-corrected chi connectivity index (χ4v) is 2.94. The normalized spacial score (nSPS) is 27.0. The molecule has 2 heterocycles. The van der Waals surface area contributed by atoms with Crippen LogP contribution in [0.2, 0.25) is 0 Å². The Morgan fingerprint density at radius 1 is 1.33 bits per heavy atom. The second kappa shape index (κ2) is 5.03. The fourth-order valence-electron chi connectivity index (χ4n) is 2.94. The topological polar surface area (TPSA) is 38.1 Å². The van der Waals surface area contributed by atoms with E-state index in [1.807, 2.05) is 4.90 Å². The summed E-state index contributed by atoms with van der Waals surface area (Å²) in [5.74, 6) is 0.858. The molecule has 0 bridgehead atoms. The van der Waals surface area contributed by atoms with Crippen molar-refractivity contribution in [1.29, 1.82) is 0 Å². The smallest absolute Gasteiger partial charge is 0.342 e. The van der Waals surface area contributed by atoms with Gasteiger partial charge >= 0.3 is 6.18 Å². The van der Waals surface area contributed by atoms with Crippen LogP contribution in [0.1, 0.15) is 37.9 Å². The van der Waals surface area contributed by atoms with E-state index in [0.29, 0.717) is 31.8 Å². The number of rotatable bonds is 2. The van der Waals surface area contributed by atoms with Gasteiger partial charge in [0.2, 0.25) is 5.91 Å². The minimum Gasteiger partial charge on any atom is -0.342 e. The van der Waals surface area contributed by atoms with E-state index in [-0.39, 0.29) is 17.9 Å². The van der Waals surface area contributed by atoms with Crippen LogP contribution in [-0.2, 0) is 11.0 Å². The van der Waals surface area contributed by atoms with Crippen molar-refractivity contribution in [1.82, 2.24) is 14.7 Å². The molecule has 7 heteroatoms. The summed E-state index contributed by atoms with van der Waals surface area (Å²) in [7, 11) is 0. The molecule has 2 fully saturated rings. The maximum Gasteiger partial charge on any atom is 0.435 e. The van der Waals surface area contributed by atoms with Gasteiger partial charge in [0.25, 0.3) is 0 Å². The SMILES string of the molecule is C[C@H]1C[C@@H]1C(=O)N1CCC(n2ccc(C(F)(F)F)n2)CC1. The van der Waals surface area contributed by atoms with Gasteiger partial charge in [-0.15, -0.1) is 0 Å². The second-order valence-corrected chi connectivity index (χ2v) is 6.05. The first-order chi connectivity index (χ1) is 9.86. The molecule has 0 unspecified atom stereocenters. The summed E-state index contributed by atoms with van der Waals surface area (Å²) in [4.78, 5) is 14.0. The zero-order chi connectivity index (χ0) is 15.2. The summed E-state index contributed by atoms with van der Waals surface area (Å²) in [6.45, 7) is 3.28. The monoisotopic (exact) mass is 301 g/mol. The molecule has 0 spiro atoms. The van der Waals surface area contributed by atoms with E-state index in [1.54, 1.807) is 0 Å². The van der Waals surface area contributed by atoms with E-state index in [4.69, 9.17) is 0 Å². The van der Waals surface area contributed by atoms with Gasteiger partial charge in [0, 0.05) is 25.2 Å². The standard InChI is InChI=1S/C14H18F3N3O/c1-9-8-11(9)13(21)19-5-2-10(3-6-19)20-7-4-12(18-20)14(15,16)17/h4,7,9-11H,2-3,5-6,8H2,1H3/t9-,11-/m0/s1. The Labute approximate surface area is 120 Å². The highest BCUT2D eigenvalue weighted by Gasteiger charge is 2.42. The summed E-state index contributed by atoms with van der Waals surface area (Å²) in [6, 6.07) is 0.949. The number of carbonyl (C=O) groups excluding carboxylic acids is 1. The number of amides is 1. The number of likely N-dealkylation sites (tertiary alicyclic amines) is 1. The lowest BCUT2D eigenvalue weighted by molar-refractivity contribution is -0.141. The molecule has 21 heavy (non-hydrogen) atoms. The molecule has 0 radical (unpaired) electrons. The van der Waals surface area contributed by atoms with E-state index < -0.39 is 11.9 Å². The van der Waals surface area contributed by atoms with Crippen LogP contribution in [0.25, 0.3) is 0 Å². The summed E-state index contributed by atoms with van der Waals surface area (Å²) in [5.41, 5.74) is -0.854. The molecule has 1 aromatic heterocycles. The van der Waals surface area contributed by atoms with Gasteiger partial charge in [-0.2, -0.15) is 18.3 Å². The molecule has 1 aliphatic carbocycles. The van der Waals surface area contributed by atoms with Crippen LogP contribution in [0.4, 0.5) is 13.2 Å². The van der Waals surface area contributed by atoms with Crippen molar-refractivity contribution in [3.8, 4) is 0 Å². The second-order valence-electron chi connectivity index (χ2n) is 6.05. The molecule has 1 saturated heterocycles. The van der Waals surface area contributed by atoms with Crippen molar-refractivity contribution >= 4 is 5.91 Å². The van der Waals surface area contributed by atoms with Crippen molar-refractivity contribution in [2.75, 3.05) is 13.1 Å². The van der Waals surface area contributed by atoms with E-state index >= 15 is 0 Å². The van der Waals surface area contributed by atoms with E-state index in [0.717, 1.165) is 12.5 Å². The molecular formula is C14H18F3N3O. The number of hydrogen-bond donors (Lipinski definition) is 0. The van der Waals surface area contributed by atoms with Gasteiger partial charge in [0.15, 0.2) is 5.69 Å². The third-order valence-corrected chi connectivity index (χ3v) is 4.48. The quantitative estimate of drug-likeness (QED) is 0.842. The third kappa shape index (κ3) is 2.91. The zero-order valence-corrected chi connectivity index (χ0v) is 11.8. The van der Waals surface area contributed by atoms with Gasteiger partial charge < -0.3 is 4.90 Å². The molecule has 2 aliphatic rings. The van der Waals surface area contributed by atoms with Gasteiger partial charge in [-0.3, -0.25) is 9.48 Å². The number of aromatic nitrogens is 2. The van der Waals surface area contributed by atoms with Crippen LogP contribution in [0, 0.1) is 11.8 Å². The molecule has 1 aromatic rings. The van der Waals surface area contributed by atoms with Crippen LogP contribution < -0.4 is 0 Å². The molecule has 0 aromatic carbocycles. The van der Waals surface area contributed by atoms with E-state index in [2.05, 4.69) is 12.0 Å². The van der Waals surface area contributed by atoms with E-state index in [9.17, 15) is 18.0 Å². The lowest BCUT2D eigenvalue weighted by atomic mass is 10.0. The molecule has 3 rings (SSSR count). The number of halogens is 3. The van der Waals surface area contributed by atoms with E-state index in [1.165, 1.54) is 10.9 Å². The van der Waals surface area contributed by atoms with Crippen molar-refractivity contribution in [3.05, 3.63) is 18.0 Å². The molecule has 1 amide bonds. The number of carbonyl (C=O) groups is 1. The molecule has 1 aliphatic heterocycles. The molecule has 116 valence electrons. The van der Waals surface area contributed by atoms with Gasteiger partial charge in [0.05, 0.1) is 6.04 Å². The largest absolute Gasteiger partial charge is 0.435 e. The van der Waals surface area contributed by atoms with Gasteiger partial charge in [-0.1, -0.05) is 6.92 Å². The van der Waals surface area contributed by atoms with Gasteiger partial charge in [-0.05, 0) is 31.2 Å². The fraction of sp³-hybridized carbons (Fsp3) is 0.714. The van der Waals surface area contributed by atoms with Crippen molar-refractivity contribution in [3.63, 3.8) is 0 Å². The summed E-state index contributed by atoms with van der Waals surface area (Å²) in [6.07, 6.45) is -0.734. The Hall–Kier alpha value is -1.53. The minimum atomic E-state index is -4.40. The Kier molecular flexibility index (Phi) is 3.45. The highest BCUT2D eigenvalue weighted by molar-refractivity contribution is 5.81. The molecule has 1 saturated carbocycles. The predicted molar refractivity (Wildman–Crippen MR) is 69.4 cm³/mol. The Morgan fingerprint density at radius 2 is 1.95 bits per heavy atom. The first-order valence-corrected chi connectivity index (χ1v) is 7.27. The Balaban J connectivity index is 1.58. The summed E-state index contributed by atoms with van der Waals surface area (Å²) >= 11 is 0. The molecule has 0 N–H and O–H groups in total. The average molecular weight is 301 g/mol. The van der Waals surface area contributed by atoms with Crippen LogP contribution in [0.3, 0.4) is 0 Å². The van der Waals surface area contributed by atoms with Crippen molar-refractivity contribution < 1.29 is 18.0 Å². The third-order valence-electron chi connectivity index (χ3n) is 4.48. The number of nitrogens with zero attached hydrogens (tertiary/aromatic N) is 3. The first kappa shape index (κ1) is 14.4. The zero-order valence-electron chi connectivity index (χ0n) is 11.8.